The standard InChI is InChI=1S/C21H21N3O2/c1-14-8-10-16(11-9-14)24-19(25)12-17(23-24)20(26)22-18-13-21(18,2)15-6-4-3-5-7-15/h3-12,18,23H,13H2,1-2H3,(H,22,26)/t18-,21+/m0/s1. The maximum absolute atomic E-state index is 12.6. The average Bonchev–Trinajstić information content (AvgIpc) is 3.13. The highest BCUT2D eigenvalue weighted by Gasteiger charge is 2.52. The molecule has 0 bridgehead atoms. The fourth-order valence-corrected chi connectivity index (χ4v) is 3.35. The molecule has 5 heteroatoms. The van der Waals surface area contributed by atoms with Crippen molar-refractivity contribution in [2.45, 2.75) is 31.7 Å². The van der Waals surface area contributed by atoms with Crippen LogP contribution in [0, 0.1) is 6.92 Å². The van der Waals surface area contributed by atoms with Crippen molar-refractivity contribution in [3.63, 3.8) is 0 Å². The van der Waals surface area contributed by atoms with Gasteiger partial charge in [-0.25, -0.2) is 4.68 Å². The number of amides is 1. The van der Waals surface area contributed by atoms with Crippen molar-refractivity contribution in [2.75, 3.05) is 0 Å². The van der Waals surface area contributed by atoms with Crippen LogP contribution in [0.2, 0.25) is 0 Å². The molecule has 1 amide bonds. The van der Waals surface area contributed by atoms with Crippen molar-refractivity contribution >= 4 is 5.91 Å². The molecule has 1 aliphatic carbocycles. The number of rotatable bonds is 4. The van der Waals surface area contributed by atoms with Crippen LogP contribution in [0.15, 0.2) is 65.5 Å². The summed E-state index contributed by atoms with van der Waals surface area (Å²) in [5.74, 6) is -0.252. The summed E-state index contributed by atoms with van der Waals surface area (Å²) in [7, 11) is 0. The maximum Gasteiger partial charge on any atom is 0.271 e. The van der Waals surface area contributed by atoms with Crippen molar-refractivity contribution < 1.29 is 4.79 Å². The zero-order valence-corrected chi connectivity index (χ0v) is 14.8. The van der Waals surface area contributed by atoms with Crippen LogP contribution in [0.25, 0.3) is 5.69 Å². The third-order valence-corrected chi connectivity index (χ3v) is 5.23. The van der Waals surface area contributed by atoms with E-state index in [-0.39, 0.29) is 28.6 Å². The zero-order chi connectivity index (χ0) is 18.3. The number of aryl methyl sites for hydroxylation is 1. The van der Waals surface area contributed by atoms with Crippen molar-refractivity contribution in [1.29, 1.82) is 0 Å². The Morgan fingerprint density at radius 1 is 1.15 bits per heavy atom. The van der Waals surface area contributed by atoms with E-state index in [0.717, 1.165) is 12.0 Å². The Balaban J connectivity index is 1.51. The Labute approximate surface area is 151 Å². The summed E-state index contributed by atoms with van der Waals surface area (Å²) >= 11 is 0. The van der Waals surface area contributed by atoms with Crippen molar-refractivity contribution in [1.82, 2.24) is 15.1 Å². The second-order valence-corrected chi connectivity index (χ2v) is 7.19. The fourth-order valence-electron chi connectivity index (χ4n) is 3.35. The molecule has 26 heavy (non-hydrogen) atoms. The smallest absolute Gasteiger partial charge is 0.271 e. The van der Waals surface area contributed by atoms with E-state index < -0.39 is 0 Å². The third-order valence-electron chi connectivity index (χ3n) is 5.23. The molecule has 0 saturated heterocycles. The van der Waals surface area contributed by atoms with Crippen LogP contribution in [0.5, 0.6) is 0 Å². The van der Waals surface area contributed by atoms with Gasteiger partial charge in [-0.15, -0.1) is 0 Å². The molecular formula is C21H21N3O2. The van der Waals surface area contributed by atoms with Crippen LogP contribution >= 0.6 is 0 Å². The monoisotopic (exact) mass is 347 g/mol. The van der Waals surface area contributed by atoms with Gasteiger partial charge in [-0.2, -0.15) is 0 Å². The summed E-state index contributed by atoms with van der Waals surface area (Å²) in [5, 5.41) is 5.95. The summed E-state index contributed by atoms with van der Waals surface area (Å²) in [5.41, 5.74) is 3.02. The minimum Gasteiger partial charge on any atom is -0.347 e. The maximum atomic E-state index is 12.6. The highest BCUT2D eigenvalue weighted by atomic mass is 16.2. The lowest BCUT2D eigenvalue weighted by Gasteiger charge is -2.12. The van der Waals surface area contributed by atoms with Gasteiger partial charge in [0.2, 0.25) is 0 Å². The van der Waals surface area contributed by atoms with Crippen molar-refractivity contribution in [3.8, 4) is 5.69 Å². The number of hydrogen-bond acceptors (Lipinski definition) is 2. The van der Waals surface area contributed by atoms with Crippen molar-refractivity contribution in [2.24, 2.45) is 0 Å². The highest BCUT2D eigenvalue weighted by molar-refractivity contribution is 5.92. The molecule has 0 unspecified atom stereocenters. The number of nitrogens with one attached hydrogen (secondary N) is 2. The molecule has 1 heterocycles. The van der Waals surface area contributed by atoms with Crippen LogP contribution in [-0.2, 0) is 5.41 Å². The van der Waals surface area contributed by atoms with Gasteiger partial charge in [0.25, 0.3) is 11.5 Å². The van der Waals surface area contributed by atoms with E-state index in [4.69, 9.17) is 0 Å². The summed E-state index contributed by atoms with van der Waals surface area (Å²) < 4.78 is 1.39. The Kier molecular flexibility index (Phi) is 3.80. The van der Waals surface area contributed by atoms with E-state index in [0.29, 0.717) is 5.69 Å². The third kappa shape index (κ3) is 2.86. The summed E-state index contributed by atoms with van der Waals surface area (Å²) in [6, 6.07) is 19.2. The van der Waals surface area contributed by atoms with E-state index in [9.17, 15) is 9.59 Å². The zero-order valence-electron chi connectivity index (χ0n) is 14.8. The molecule has 0 radical (unpaired) electrons. The number of hydrogen-bond donors (Lipinski definition) is 2. The predicted molar refractivity (Wildman–Crippen MR) is 101 cm³/mol. The lowest BCUT2D eigenvalue weighted by atomic mass is 9.97. The molecule has 2 N–H and O–H groups in total. The molecule has 2 aromatic carbocycles. The lowest BCUT2D eigenvalue weighted by molar-refractivity contribution is 0.0943. The molecular weight excluding hydrogens is 326 g/mol. The number of aromatic amines is 1. The first-order valence-electron chi connectivity index (χ1n) is 8.73. The second-order valence-electron chi connectivity index (χ2n) is 7.19. The highest BCUT2D eigenvalue weighted by Crippen LogP contribution is 2.47. The molecule has 2 atom stereocenters. The molecule has 1 fully saturated rings. The van der Waals surface area contributed by atoms with Gasteiger partial charge in [0.15, 0.2) is 0 Å². The predicted octanol–water partition coefficient (Wildman–Crippen LogP) is 2.93. The number of H-pyrrole nitrogens is 1. The van der Waals surface area contributed by atoms with Crippen LogP contribution < -0.4 is 10.9 Å². The van der Waals surface area contributed by atoms with Crippen LogP contribution in [0.1, 0.15) is 35.0 Å². The molecule has 3 aromatic rings. The normalized spacial score (nSPS) is 21.4. The van der Waals surface area contributed by atoms with Crippen LogP contribution in [0.4, 0.5) is 0 Å². The van der Waals surface area contributed by atoms with Gasteiger partial charge in [0.05, 0.1) is 5.69 Å². The van der Waals surface area contributed by atoms with Gasteiger partial charge >= 0.3 is 0 Å². The first kappa shape index (κ1) is 16.4. The fraction of sp³-hybridized carbons (Fsp3) is 0.238. The van der Waals surface area contributed by atoms with Crippen LogP contribution in [0.3, 0.4) is 0 Å². The minimum absolute atomic E-state index is 0.0449. The first-order valence-corrected chi connectivity index (χ1v) is 8.73. The second kappa shape index (κ2) is 6.02. The van der Waals surface area contributed by atoms with Gasteiger partial charge in [0, 0.05) is 17.5 Å². The average molecular weight is 347 g/mol. The quantitative estimate of drug-likeness (QED) is 0.762. The number of benzene rings is 2. The van der Waals surface area contributed by atoms with E-state index in [2.05, 4.69) is 29.5 Å². The largest absolute Gasteiger partial charge is 0.347 e. The SMILES string of the molecule is Cc1ccc(-n2[nH]c(C(=O)N[C@H]3C[C@]3(C)c3ccccc3)cc2=O)cc1. The number of carbonyl (C=O) groups is 1. The van der Waals surface area contributed by atoms with E-state index in [1.165, 1.54) is 16.3 Å². The molecule has 4 rings (SSSR count). The van der Waals surface area contributed by atoms with Crippen molar-refractivity contribution in [3.05, 3.63) is 87.8 Å². The Morgan fingerprint density at radius 2 is 1.85 bits per heavy atom. The minimum atomic E-state index is -0.252. The van der Waals surface area contributed by atoms with E-state index >= 15 is 0 Å². The molecule has 1 aliphatic rings. The molecule has 0 spiro atoms. The Hall–Kier alpha value is -3.08. The van der Waals surface area contributed by atoms with Gasteiger partial charge in [-0.1, -0.05) is 55.0 Å². The Bertz CT molecular complexity index is 1000. The molecule has 1 aromatic heterocycles. The summed E-state index contributed by atoms with van der Waals surface area (Å²) in [4.78, 5) is 24.8. The number of nitrogens with zero attached hydrogens (tertiary/aromatic N) is 1. The molecule has 5 nitrogen and oxygen atoms in total. The first-order chi connectivity index (χ1) is 12.5. The van der Waals surface area contributed by atoms with Gasteiger partial charge in [-0.3, -0.25) is 14.7 Å². The van der Waals surface area contributed by atoms with Gasteiger partial charge < -0.3 is 5.32 Å². The molecule has 0 aliphatic heterocycles. The number of carbonyl (C=O) groups excluding carboxylic acids is 1. The summed E-state index contributed by atoms with van der Waals surface area (Å²) in [6.45, 7) is 4.13. The lowest BCUT2D eigenvalue weighted by Crippen LogP contribution is -2.30. The summed E-state index contributed by atoms with van der Waals surface area (Å²) in [6.07, 6.45) is 0.895. The van der Waals surface area contributed by atoms with Gasteiger partial charge in [0.1, 0.15) is 5.69 Å². The molecule has 132 valence electrons. The number of aromatic nitrogens is 2. The Morgan fingerprint density at radius 3 is 2.54 bits per heavy atom. The molecule has 1 saturated carbocycles. The topological polar surface area (TPSA) is 66.9 Å². The van der Waals surface area contributed by atoms with E-state index in [1.807, 2.05) is 49.4 Å². The van der Waals surface area contributed by atoms with E-state index in [1.54, 1.807) is 0 Å². The van der Waals surface area contributed by atoms with Gasteiger partial charge in [-0.05, 0) is 31.0 Å². The van der Waals surface area contributed by atoms with Crippen LogP contribution in [-0.4, -0.2) is 21.7 Å².